The quantitative estimate of drug-likeness (QED) is 0.177. The molecule has 234 valence electrons. The molecule has 1 N–H and O–H groups in total. The van der Waals surface area contributed by atoms with Gasteiger partial charge in [-0.2, -0.15) is 22.0 Å². The number of halogens is 8. The first-order chi connectivity index (χ1) is 19.9. The van der Waals surface area contributed by atoms with Gasteiger partial charge in [0.05, 0.1) is 30.0 Å². The summed E-state index contributed by atoms with van der Waals surface area (Å²) in [5, 5.41) is 8.97. The molecule has 3 aromatic carbocycles. The number of carbonyl (C=O) groups is 1. The van der Waals surface area contributed by atoms with Gasteiger partial charge in [-0.25, -0.2) is 21.6 Å². The zero-order valence-electron chi connectivity index (χ0n) is 22.4. The van der Waals surface area contributed by atoms with Gasteiger partial charge in [0.15, 0.2) is 9.84 Å². The van der Waals surface area contributed by atoms with E-state index in [-0.39, 0.29) is 25.3 Å². The van der Waals surface area contributed by atoms with E-state index in [1.165, 1.54) is 0 Å². The molecule has 0 radical (unpaired) electrons. The number of carboxylic acid groups (broad SMARTS) is 1. The molecule has 0 aliphatic rings. The summed E-state index contributed by atoms with van der Waals surface area (Å²) < 4.78 is 142. The summed E-state index contributed by atoms with van der Waals surface area (Å²) in [5.41, 5.74) is -3.27. The molecule has 0 fully saturated rings. The first-order valence-corrected chi connectivity index (χ1v) is 14.4. The lowest BCUT2D eigenvalue weighted by Gasteiger charge is -2.28. The standard InChI is InChI=1S/C28H25F8NO5S/c1-43(40,41)24-13-20(12-23(30)21(24)14-25(38)39)42-11-3-10-37(16-27(32,33)18-6-8-19(29)9-7-18)15-17-4-2-5-22(26(17)31)28(34,35)36/h2,4-9,12-13H,3,10-11,14-16H2,1H3,(H,38,39). The van der Waals surface area contributed by atoms with Crippen LogP contribution in [0.1, 0.15) is 28.7 Å². The van der Waals surface area contributed by atoms with E-state index in [4.69, 9.17) is 9.84 Å². The summed E-state index contributed by atoms with van der Waals surface area (Å²) in [6.07, 6.45) is -5.33. The van der Waals surface area contributed by atoms with Gasteiger partial charge in [-0.3, -0.25) is 9.69 Å². The highest BCUT2D eigenvalue weighted by Crippen LogP contribution is 2.34. The minimum atomic E-state index is -5.03. The lowest BCUT2D eigenvalue weighted by Crippen LogP contribution is -2.36. The van der Waals surface area contributed by atoms with Crippen molar-refractivity contribution < 1.29 is 58.2 Å². The van der Waals surface area contributed by atoms with Crippen molar-refractivity contribution in [3.8, 4) is 5.75 Å². The van der Waals surface area contributed by atoms with E-state index in [1.54, 1.807) is 0 Å². The van der Waals surface area contributed by atoms with Crippen molar-refractivity contribution in [1.82, 2.24) is 4.90 Å². The molecule has 0 aliphatic carbocycles. The first kappa shape index (κ1) is 33.8. The molecule has 0 bridgehead atoms. The lowest BCUT2D eigenvalue weighted by molar-refractivity contribution is -0.140. The third-order valence-electron chi connectivity index (χ3n) is 6.21. The monoisotopic (exact) mass is 639 g/mol. The third-order valence-corrected chi connectivity index (χ3v) is 7.37. The molecule has 43 heavy (non-hydrogen) atoms. The van der Waals surface area contributed by atoms with Crippen LogP contribution in [0.4, 0.5) is 35.1 Å². The molecule has 3 aromatic rings. The molecule has 0 heterocycles. The van der Waals surface area contributed by atoms with E-state index >= 15 is 8.78 Å². The second kappa shape index (κ2) is 13.3. The van der Waals surface area contributed by atoms with Gasteiger partial charge in [0.25, 0.3) is 5.92 Å². The molecule has 0 saturated carbocycles. The maximum Gasteiger partial charge on any atom is 0.419 e. The van der Waals surface area contributed by atoms with E-state index in [0.717, 1.165) is 59.7 Å². The van der Waals surface area contributed by atoms with Crippen LogP contribution in [0.5, 0.6) is 5.75 Å². The SMILES string of the molecule is CS(=O)(=O)c1cc(OCCCN(Cc2cccc(C(F)(F)F)c2F)CC(F)(F)c2ccc(F)cc2)cc(F)c1CC(=O)O. The topological polar surface area (TPSA) is 83.9 Å². The fourth-order valence-electron chi connectivity index (χ4n) is 4.24. The second-order valence-electron chi connectivity index (χ2n) is 9.62. The summed E-state index contributed by atoms with van der Waals surface area (Å²) in [6.45, 7) is -2.41. The Hall–Kier alpha value is -3.72. The summed E-state index contributed by atoms with van der Waals surface area (Å²) in [7, 11) is -4.08. The number of ether oxygens (including phenoxy) is 1. The van der Waals surface area contributed by atoms with Crippen molar-refractivity contribution in [2.75, 3.05) is 26.0 Å². The number of carboxylic acids is 1. The zero-order chi connectivity index (χ0) is 32.2. The normalized spacial score (nSPS) is 12.5. The molecule has 0 spiro atoms. The Bertz CT molecular complexity index is 1560. The van der Waals surface area contributed by atoms with Crippen molar-refractivity contribution in [2.24, 2.45) is 0 Å². The maximum absolute atomic E-state index is 15.1. The zero-order valence-corrected chi connectivity index (χ0v) is 23.2. The van der Waals surface area contributed by atoms with Gasteiger partial charge < -0.3 is 9.84 Å². The van der Waals surface area contributed by atoms with E-state index < -0.39 is 92.0 Å². The van der Waals surface area contributed by atoms with Crippen LogP contribution in [0.2, 0.25) is 0 Å². The molecule has 3 rings (SSSR count). The van der Waals surface area contributed by atoms with Crippen LogP contribution in [0, 0.1) is 17.5 Å². The molecule has 15 heteroatoms. The molecule has 6 nitrogen and oxygen atoms in total. The predicted molar refractivity (Wildman–Crippen MR) is 138 cm³/mol. The minimum Gasteiger partial charge on any atom is -0.493 e. The Labute approximate surface area is 241 Å². The molecule has 0 aromatic heterocycles. The number of hydrogen-bond acceptors (Lipinski definition) is 5. The van der Waals surface area contributed by atoms with Crippen LogP contribution in [0.3, 0.4) is 0 Å². The Morgan fingerprint density at radius 1 is 0.977 bits per heavy atom. The highest BCUT2D eigenvalue weighted by Gasteiger charge is 2.37. The van der Waals surface area contributed by atoms with Gasteiger partial charge in [0.2, 0.25) is 0 Å². The van der Waals surface area contributed by atoms with Gasteiger partial charge in [-0.15, -0.1) is 0 Å². The summed E-state index contributed by atoms with van der Waals surface area (Å²) in [6, 6.07) is 7.41. The Kier molecular flexibility index (Phi) is 10.4. The van der Waals surface area contributed by atoms with Crippen LogP contribution in [0.15, 0.2) is 59.5 Å². The molecule has 0 saturated heterocycles. The second-order valence-corrected chi connectivity index (χ2v) is 11.6. The van der Waals surface area contributed by atoms with Crippen LogP contribution in [-0.4, -0.2) is 50.3 Å². The lowest BCUT2D eigenvalue weighted by atomic mass is 10.1. The predicted octanol–water partition coefficient (Wildman–Crippen LogP) is 6.22. The van der Waals surface area contributed by atoms with Crippen LogP contribution in [-0.2, 0) is 39.7 Å². The van der Waals surface area contributed by atoms with E-state index in [0.29, 0.717) is 6.07 Å². The van der Waals surface area contributed by atoms with Crippen LogP contribution >= 0.6 is 0 Å². The van der Waals surface area contributed by atoms with E-state index in [9.17, 15) is 39.6 Å². The molecular weight excluding hydrogens is 614 g/mol. The van der Waals surface area contributed by atoms with Crippen molar-refractivity contribution in [3.63, 3.8) is 0 Å². The summed E-state index contributed by atoms with van der Waals surface area (Å²) in [4.78, 5) is 11.4. The number of benzene rings is 3. The number of aliphatic carboxylic acids is 1. The fourth-order valence-corrected chi connectivity index (χ4v) is 5.19. The first-order valence-electron chi connectivity index (χ1n) is 12.5. The number of hydrogen-bond donors (Lipinski definition) is 1. The largest absolute Gasteiger partial charge is 0.493 e. The number of rotatable bonds is 13. The van der Waals surface area contributed by atoms with Gasteiger partial charge in [-0.1, -0.05) is 24.3 Å². The number of alkyl halides is 5. The van der Waals surface area contributed by atoms with Gasteiger partial charge >= 0.3 is 12.1 Å². The average Bonchev–Trinajstić information content (AvgIpc) is 2.87. The molecule has 0 atom stereocenters. The highest BCUT2D eigenvalue weighted by atomic mass is 32.2. The van der Waals surface area contributed by atoms with Gasteiger partial charge in [-0.05, 0) is 30.7 Å². The minimum absolute atomic E-state index is 0.118. The van der Waals surface area contributed by atoms with Crippen LogP contribution < -0.4 is 4.74 Å². The van der Waals surface area contributed by atoms with Gasteiger partial charge in [0.1, 0.15) is 23.2 Å². The van der Waals surface area contributed by atoms with Crippen LogP contribution in [0.25, 0.3) is 0 Å². The fraction of sp³-hybridized carbons (Fsp3) is 0.321. The van der Waals surface area contributed by atoms with Gasteiger partial charge in [0, 0.05) is 42.1 Å². The Balaban J connectivity index is 1.82. The average molecular weight is 640 g/mol. The Morgan fingerprint density at radius 2 is 1.63 bits per heavy atom. The van der Waals surface area contributed by atoms with Crippen molar-refractivity contribution in [1.29, 1.82) is 0 Å². The van der Waals surface area contributed by atoms with Crippen molar-refractivity contribution in [2.45, 2.75) is 36.4 Å². The number of sulfone groups is 1. The third kappa shape index (κ3) is 9.13. The maximum atomic E-state index is 15.1. The molecule has 0 amide bonds. The summed E-state index contributed by atoms with van der Waals surface area (Å²) in [5.74, 6) is -9.00. The smallest absolute Gasteiger partial charge is 0.419 e. The molecule has 0 aliphatic heterocycles. The van der Waals surface area contributed by atoms with E-state index in [1.807, 2.05) is 0 Å². The van der Waals surface area contributed by atoms with Crippen molar-refractivity contribution in [3.05, 3.63) is 94.3 Å². The van der Waals surface area contributed by atoms with E-state index in [2.05, 4.69) is 0 Å². The highest BCUT2D eigenvalue weighted by molar-refractivity contribution is 7.90. The molecule has 0 unspecified atom stereocenters. The number of nitrogens with zero attached hydrogens (tertiary/aromatic N) is 1. The summed E-state index contributed by atoms with van der Waals surface area (Å²) >= 11 is 0. The van der Waals surface area contributed by atoms with Crippen molar-refractivity contribution >= 4 is 15.8 Å². The molecular formula is C28H25F8NO5S. The Morgan fingerprint density at radius 3 is 2.21 bits per heavy atom.